The largest absolute Gasteiger partial charge is 0.348 e. The van der Waals surface area contributed by atoms with Crippen LogP contribution in [0.25, 0.3) is 0 Å². The molecule has 0 spiro atoms. The number of nitrogens with one attached hydrogen (secondary N) is 2. The predicted molar refractivity (Wildman–Crippen MR) is 160 cm³/mol. The van der Waals surface area contributed by atoms with Crippen molar-refractivity contribution in [2.45, 2.75) is 123 Å². The summed E-state index contributed by atoms with van der Waals surface area (Å²) in [6.07, 6.45) is 7.33. The lowest BCUT2D eigenvalue weighted by Crippen LogP contribution is -1.84. The van der Waals surface area contributed by atoms with Crippen LogP contribution in [0, 0.1) is 0 Å². The molecule has 0 amide bonds. The van der Waals surface area contributed by atoms with E-state index in [9.17, 15) is 0 Å². The Labute approximate surface area is 215 Å². The van der Waals surface area contributed by atoms with E-state index in [1.54, 1.807) is 6.33 Å². The van der Waals surface area contributed by atoms with Gasteiger partial charge in [-0.25, -0.2) is 4.98 Å². The van der Waals surface area contributed by atoms with Gasteiger partial charge in [0.1, 0.15) is 0 Å². The van der Waals surface area contributed by atoms with Crippen LogP contribution in [0.5, 0.6) is 0 Å². The lowest BCUT2D eigenvalue weighted by molar-refractivity contribution is 0.832. The van der Waals surface area contributed by atoms with E-state index in [2.05, 4.69) is 86.0 Å². The highest BCUT2D eigenvalue weighted by Crippen LogP contribution is 2.12. The minimum atomic E-state index is 0. The molecule has 0 saturated heterocycles. The van der Waals surface area contributed by atoms with Crippen molar-refractivity contribution in [1.29, 1.82) is 0 Å². The molecule has 0 fully saturated rings. The Balaban J connectivity index is -0.0000000748. The second kappa shape index (κ2) is 32.8. The maximum Gasteiger partial charge on any atom is 0.0921 e. The summed E-state index contributed by atoms with van der Waals surface area (Å²) in [6, 6.07) is 10.5. The number of aromatic nitrogens is 4. The molecular weight excluding hydrogens is 416 g/mol. The number of rotatable bonds is 3. The monoisotopic (exact) mass is 478 g/mol. The number of hydrogen-bond donors (Lipinski definition) is 2. The second-order valence-corrected chi connectivity index (χ2v) is 6.91. The molecule has 0 unspecified atom stereocenters. The summed E-state index contributed by atoms with van der Waals surface area (Å²) in [5, 5.41) is 6.58. The van der Waals surface area contributed by atoms with Crippen LogP contribution in [0.1, 0.15) is 140 Å². The van der Waals surface area contributed by atoms with Crippen molar-refractivity contribution in [3.05, 3.63) is 72.1 Å². The molecule has 0 aliphatic rings. The van der Waals surface area contributed by atoms with Crippen LogP contribution < -0.4 is 0 Å². The molecule has 202 valence electrons. The first-order valence-electron chi connectivity index (χ1n) is 11.9. The minimum absolute atomic E-state index is 0. The highest BCUT2D eigenvalue weighted by atomic mass is 15.1. The Kier molecular flexibility index (Phi) is 43.6. The van der Waals surface area contributed by atoms with Gasteiger partial charge in [0, 0.05) is 18.1 Å². The van der Waals surface area contributed by atoms with Gasteiger partial charge in [-0.15, -0.1) is 0 Å². The third kappa shape index (κ3) is 24.3. The van der Waals surface area contributed by atoms with Gasteiger partial charge in [0.15, 0.2) is 0 Å². The number of H-pyrrole nitrogens is 2. The molecule has 2 heterocycles. The molecule has 0 saturated carbocycles. The summed E-state index contributed by atoms with van der Waals surface area (Å²) < 4.78 is 0. The van der Waals surface area contributed by atoms with Crippen LogP contribution >= 0.6 is 0 Å². The van der Waals surface area contributed by atoms with E-state index in [0.717, 1.165) is 0 Å². The van der Waals surface area contributed by atoms with Crippen LogP contribution in [0.3, 0.4) is 0 Å². The van der Waals surface area contributed by atoms with Crippen LogP contribution in [-0.4, -0.2) is 20.2 Å². The third-order valence-corrected chi connectivity index (χ3v) is 3.79. The molecule has 4 nitrogen and oxygen atoms in total. The SMILES string of the molecule is C.C.C.CC.CC.CC.CC(C)c1ccccc1.CC(C)c1cn[nH]c1.CC(C)c1cnc[nH]1. The Hall–Kier alpha value is -2.36. The lowest BCUT2D eigenvalue weighted by atomic mass is 10.0. The van der Waals surface area contributed by atoms with Gasteiger partial charge in [-0.3, -0.25) is 5.10 Å². The first-order valence-corrected chi connectivity index (χ1v) is 11.9. The van der Waals surface area contributed by atoms with Gasteiger partial charge in [0.25, 0.3) is 0 Å². The van der Waals surface area contributed by atoms with Crippen LogP contribution in [0.2, 0.25) is 0 Å². The summed E-state index contributed by atoms with van der Waals surface area (Å²) in [5.74, 6) is 1.82. The van der Waals surface area contributed by atoms with Crippen molar-refractivity contribution in [3.63, 3.8) is 0 Å². The van der Waals surface area contributed by atoms with Gasteiger partial charge < -0.3 is 4.98 Å². The van der Waals surface area contributed by atoms with E-state index < -0.39 is 0 Å². The molecular formula is C30H62N4. The lowest BCUT2D eigenvalue weighted by Gasteiger charge is -2.01. The molecule has 3 aromatic rings. The minimum Gasteiger partial charge on any atom is -0.348 e. The van der Waals surface area contributed by atoms with E-state index in [1.165, 1.54) is 16.8 Å². The molecule has 0 radical (unpaired) electrons. The van der Waals surface area contributed by atoms with E-state index in [1.807, 2.05) is 66.2 Å². The zero-order valence-corrected chi connectivity index (χ0v) is 22.3. The standard InChI is InChI=1S/C9H12.2C6H10N2.3C2H6.3CH4/c1-8(2)9-6-4-3-5-7-9;1-5(2)6-3-7-4-8-6;1-5(2)6-3-7-8-4-6;3*1-2;;;/h3-8H,1-2H3;2*3-5H,1-2H3,(H,7,8);3*1-2H3;3*1H4. The zero-order valence-electron chi connectivity index (χ0n) is 22.3. The normalized spacial score (nSPS) is 8.09. The first kappa shape index (κ1) is 45.2. The molecule has 1 aromatic carbocycles. The first-order chi connectivity index (χ1) is 14.9. The maximum atomic E-state index is 3.89. The van der Waals surface area contributed by atoms with Crippen LogP contribution in [-0.2, 0) is 0 Å². The van der Waals surface area contributed by atoms with Gasteiger partial charge in [-0.1, -0.05) is 136 Å². The van der Waals surface area contributed by atoms with Gasteiger partial charge in [-0.2, -0.15) is 5.10 Å². The fourth-order valence-corrected chi connectivity index (χ4v) is 2.00. The molecule has 2 N–H and O–H groups in total. The van der Waals surface area contributed by atoms with Crippen molar-refractivity contribution < 1.29 is 0 Å². The molecule has 3 rings (SSSR count). The highest BCUT2D eigenvalue weighted by molar-refractivity contribution is 5.17. The smallest absolute Gasteiger partial charge is 0.0921 e. The molecule has 2 aromatic heterocycles. The average Bonchev–Trinajstić information content (AvgIpc) is 3.54. The Morgan fingerprint density at radius 2 is 1.09 bits per heavy atom. The number of benzene rings is 1. The van der Waals surface area contributed by atoms with Crippen molar-refractivity contribution in [1.82, 2.24) is 20.2 Å². The van der Waals surface area contributed by atoms with E-state index in [4.69, 9.17) is 0 Å². The van der Waals surface area contributed by atoms with E-state index in [-0.39, 0.29) is 22.3 Å². The van der Waals surface area contributed by atoms with Crippen molar-refractivity contribution in [2.24, 2.45) is 0 Å². The molecule has 0 aliphatic heterocycles. The number of nitrogens with zero attached hydrogens (tertiary/aromatic N) is 2. The van der Waals surface area contributed by atoms with Crippen molar-refractivity contribution >= 4 is 0 Å². The Morgan fingerprint density at radius 3 is 1.29 bits per heavy atom. The Morgan fingerprint density at radius 1 is 0.618 bits per heavy atom. The second-order valence-electron chi connectivity index (χ2n) is 6.91. The van der Waals surface area contributed by atoms with Crippen LogP contribution in [0.15, 0.2) is 55.2 Å². The predicted octanol–water partition coefficient (Wildman–Crippen LogP) is 10.9. The zero-order chi connectivity index (χ0) is 24.7. The summed E-state index contributed by atoms with van der Waals surface area (Å²) in [5.41, 5.74) is 3.88. The number of aromatic amines is 2. The van der Waals surface area contributed by atoms with E-state index >= 15 is 0 Å². The number of hydrogen-bond acceptors (Lipinski definition) is 2. The van der Waals surface area contributed by atoms with Crippen molar-refractivity contribution in [3.8, 4) is 0 Å². The third-order valence-electron chi connectivity index (χ3n) is 3.79. The van der Waals surface area contributed by atoms with Crippen LogP contribution in [0.4, 0.5) is 0 Å². The van der Waals surface area contributed by atoms with Gasteiger partial charge in [0.2, 0.25) is 0 Å². The molecule has 0 atom stereocenters. The molecule has 0 aliphatic carbocycles. The molecule has 34 heavy (non-hydrogen) atoms. The summed E-state index contributed by atoms with van der Waals surface area (Å²) in [7, 11) is 0. The fraction of sp³-hybridized carbons (Fsp3) is 0.600. The fourth-order valence-electron chi connectivity index (χ4n) is 2.00. The highest BCUT2D eigenvalue weighted by Gasteiger charge is 1.96. The van der Waals surface area contributed by atoms with Crippen molar-refractivity contribution in [2.75, 3.05) is 0 Å². The number of imidazole rings is 1. The average molecular weight is 479 g/mol. The van der Waals surface area contributed by atoms with Gasteiger partial charge in [-0.05, 0) is 28.9 Å². The summed E-state index contributed by atoms with van der Waals surface area (Å²) in [6.45, 7) is 25.0. The quantitative estimate of drug-likeness (QED) is 0.393. The Bertz CT molecular complexity index is 602. The summed E-state index contributed by atoms with van der Waals surface area (Å²) in [4.78, 5) is 6.91. The molecule has 4 heteroatoms. The van der Waals surface area contributed by atoms with E-state index in [0.29, 0.717) is 17.8 Å². The topological polar surface area (TPSA) is 57.4 Å². The maximum absolute atomic E-state index is 3.89. The molecule has 0 bridgehead atoms. The van der Waals surface area contributed by atoms with Gasteiger partial charge >= 0.3 is 0 Å². The summed E-state index contributed by atoms with van der Waals surface area (Å²) >= 11 is 0. The van der Waals surface area contributed by atoms with Gasteiger partial charge in [0.05, 0.1) is 12.5 Å².